The standard InChI is InChI=1S/C25H36O2SSi/c1-5-6-13-19-25(20-14-21-29(2,3)4,22-23-15-9-7-10-16-23)28(26,27)24-17-11-8-12-18-24/h7-12,14-18,20H,5-6,13,19,21-22H2,1-4H3/b20-14+. The van der Waals surface area contributed by atoms with Gasteiger partial charge in [0, 0.05) is 8.07 Å². The zero-order valence-corrected chi connectivity index (χ0v) is 20.2. The summed E-state index contributed by atoms with van der Waals surface area (Å²) in [6, 6.07) is 20.0. The lowest BCUT2D eigenvalue weighted by atomic mass is 9.92. The third-order valence-corrected chi connectivity index (χ3v) is 9.20. The molecule has 0 N–H and O–H groups in total. The lowest BCUT2D eigenvalue weighted by Crippen LogP contribution is -2.39. The van der Waals surface area contributed by atoms with Crippen molar-refractivity contribution in [1.82, 2.24) is 0 Å². The minimum Gasteiger partial charge on any atom is -0.223 e. The van der Waals surface area contributed by atoms with E-state index in [1.165, 1.54) is 0 Å². The van der Waals surface area contributed by atoms with Gasteiger partial charge in [0.15, 0.2) is 9.84 Å². The maximum atomic E-state index is 14.0. The van der Waals surface area contributed by atoms with Crippen LogP contribution in [0.5, 0.6) is 0 Å². The highest BCUT2D eigenvalue weighted by molar-refractivity contribution is 7.93. The summed E-state index contributed by atoms with van der Waals surface area (Å²) in [5.74, 6) is 0. The molecule has 0 spiro atoms. The Bertz CT molecular complexity index is 868. The molecule has 0 aliphatic rings. The first-order chi connectivity index (χ1) is 13.7. The molecule has 1 unspecified atom stereocenters. The molecule has 29 heavy (non-hydrogen) atoms. The third kappa shape index (κ3) is 6.68. The first-order valence-corrected chi connectivity index (χ1v) is 15.9. The van der Waals surface area contributed by atoms with E-state index in [1.54, 1.807) is 12.1 Å². The maximum absolute atomic E-state index is 14.0. The number of sulfone groups is 1. The van der Waals surface area contributed by atoms with Gasteiger partial charge in [-0.1, -0.05) is 107 Å². The second-order valence-corrected chi connectivity index (χ2v) is 17.0. The molecule has 2 nitrogen and oxygen atoms in total. The van der Waals surface area contributed by atoms with Crippen LogP contribution in [0, 0.1) is 0 Å². The van der Waals surface area contributed by atoms with Crippen LogP contribution in [0.15, 0.2) is 77.7 Å². The summed E-state index contributed by atoms with van der Waals surface area (Å²) in [5, 5.41) is 0. The summed E-state index contributed by atoms with van der Waals surface area (Å²) in [6.45, 7) is 9.11. The van der Waals surface area contributed by atoms with Crippen LogP contribution in [-0.4, -0.2) is 21.2 Å². The van der Waals surface area contributed by atoms with Crippen LogP contribution in [0.1, 0.15) is 38.2 Å². The SMILES string of the molecule is CCCCCC(/C=C/C[Si](C)(C)C)(Cc1ccccc1)S(=O)(=O)c1ccccc1. The molecule has 0 aliphatic heterocycles. The summed E-state index contributed by atoms with van der Waals surface area (Å²) >= 11 is 0. The summed E-state index contributed by atoms with van der Waals surface area (Å²) in [5.41, 5.74) is 1.07. The van der Waals surface area contributed by atoms with Crippen molar-refractivity contribution < 1.29 is 8.42 Å². The van der Waals surface area contributed by atoms with Gasteiger partial charge in [-0.15, -0.1) is 0 Å². The van der Waals surface area contributed by atoms with Gasteiger partial charge >= 0.3 is 0 Å². The van der Waals surface area contributed by atoms with Gasteiger partial charge in [0.1, 0.15) is 0 Å². The highest BCUT2D eigenvalue weighted by Crippen LogP contribution is 2.36. The predicted octanol–water partition coefficient (Wildman–Crippen LogP) is 6.92. The van der Waals surface area contributed by atoms with Gasteiger partial charge in [0.05, 0.1) is 9.64 Å². The fourth-order valence-corrected chi connectivity index (χ4v) is 6.48. The smallest absolute Gasteiger partial charge is 0.187 e. The topological polar surface area (TPSA) is 34.1 Å². The van der Waals surface area contributed by atoms with Crippen LogP contribution in [0.2, 0.25) is 25.7 Å². The molecular formula is C25H36O2SSi. The minimum absolute atomic E-state index is 0.421. The second kappa shape index (κ2) is 10.4. The van der Waals surface area contributed by atoms with E-state index >= 15 is 0 Å². The van der Waals surface area contributed by atoms with E-state index in [2.05, 4.69) is 32.6 Å². The molecule has 4 heteroatoms. The molecule has 0 aliphatic carbocycles. The van der Waals surface area contributed by atoms with Crippen molar-refractivity contribution in [3.8, 4) is 0 Å². The maximum Gasteiger partial charge on any atom is 0.187 e. The number of unbranched alkanes of at least 4 members (excludes halogenated alkanes) is 2. The summed E-state index contributed by atoms with van der Waals surface area (Å²) in [6.07, 6.45) is 8.38. The molecule has 1 atom stereocenters. The van der Waals surface area contributed by atoms with Gasteiger partial charge in [0.25, 0.3) is 0 Å². The predicted molar refractivity (Wildman–Crippen MR) is 128 cm³/mol. The van der Waals surface area contributed by atoms with Gasteiger partial charge in [-0.05, 0) is 36.6 Å². The van der Waals surface area contributed by atoms with Gasteiger partial charge in [-0.2, -0.15) is 0 Å². The molecule has 0 saturated heterocycles. The monoisotopic (exact) mass is 428 g/mol. The molecule has 0 saturated carbocycles. The van der Waals surface area contributed by atoms with Crippen LogP contribution < -0.4 is 0 Å². The minimum atomic E-state index is -3.53. The van der Waals surface area contributed by atoms with Crippen LogP contribution in [0.25, 0.3) is 0 Å². The van der Waals surface area contributed by atoms with Crippen molar-refractivity contribution >= 4 is 17.9 Å². The van der Waals surface area contributed by atoms with E-state index in [4.69, 9.17) is 0 Å². The van der Waals surface area contributed by atoms with Crippen molar-refractivity contribution in [3.05, 3.63) is 78.4 Å². The average Bonchev–Trinajstić information content (AvgIpc) is 2.68. The number of hydrogen-bond acceptors (Lipinski definition) is 2. The molecule has 0 bridgehead atoms. The number of allylic oxidation sites excluding steroid dienone is 1. The van der Waals surface area contributed by atoms with Crippen LogP contribution in [0.3, 0.4) is 0 Å². The molecule has 0 radical (unpaired) electrons. The highest BCUT2D eigenvalue weighted by Gasteiger charge is 2.42. The molecule has 0 amide bonds. The summed E-state index contributed by atoms with van der Waals surface area (Å²) < 4.78 is 27.0. The Labute approximate surface area is 179 Å². The highest BCUT2D eigenvalue weighted by atomic mass is 32.2. The Morgan fingerprint density at radius 2 is 1.48 bits per heavy atom. The van der Waals surface area contributed by atoms with Gasteiger partial charge in [0.2, 0.25) is 0 Å². The molecule has 0 aromatic heterocycles. The normalized spacial score (nSPS) is 14.8. The van der Waals surface area contributed by atoms with E-state index in [0.29, 0.717) is 17.7 Å². The van der Waals surface area contributed by atoms with Crippen LogP contribution in [0.4, 0.5) is 0 Å². The Kier molecular flexibility index (Phi) is 8.47. The zero-order chi connectivity index (χ0) is 21.4. The largest absolute Gasteiger partial charge is 0.223 e. The summed E-state index contributed by atoms with van der Waals surface area (Å²) in [4.78, 5) is 0.421. The van der Waals surface area contributed by atoms with E-state index in [9.17, 15) is 8.42 Å². The average molecular weight is 429 g/mol. The van der Waals surface area contributed by atoms with E-state index in [1.807, 2.05) is 54.6 Å². The van der Waals surface area contributed by atoms with E-state index in [0.717, 1.165) is 30.9 Å². The van der Waals surface area contributed by atoms with Crippen molar-refractivity contribution in [1.29, 1.82) is 0 Å². The summed E-state index contributed by atoms with van der Waals surface area (Å²) in [7, 11) is -4.84. The zero-order valence-electron chi connectivity index (χ0n) is 18.4. The quantitative estimate of drug-likeness (QED) is 0.221. The number of benzene rings is 2. The Hall–Kier alpha value is -1.65. The Morgan fingerprint density at radius 1 is 0.897 bits per heavy atom. The van der Waals surface area contributed by atoms with Crippen molar-refractivity contribution in [2.24, 2.45) is 0 Å². The van der Waals surface area contributed by atoms with Gasteiger partial charge < -0.3 is 0 Å². The van der Waals surface area contributed by atoms with Crippen LogP contribution in [-0.2, 0) is 16.3 Å². The molecule has 2 aromatic carbocycles. The fourth-order valence-electron chi connectivity index (χ4n) is 3.63. The van der Waals surface area contributed by atoms with Crippen molar-refractivity contribution in [2.75, 3.05) is 0 Å². The second-order valence-electron chi connectivity index (χ2n) is 9.17. The Balaban J connectivity index is 2.56. The fraction of sp³-hybridized carbons (Fsp3) is 0.440. The van der Waals surface area contributed by atoms with Crippen molar-refractivity contribution in [2.45, 2.75) is 74.4 Å². The van der Waals surface area contributed by atoms with Crippen molar-refractivity contribution in [3.63, 3.8) is 0 Å². The van der Waals surface area contributed by atoms with Crippen LogP contribution >= 0.6 is 0 Å². The number of hydrogen-bond donors (Lipinski definition) is 0. The first-order valence-electron chi connectivity index (χ1n) is 10.7. The molecule has 0 heterocycles. The molecular weight excluding hydrogens is 392 g/mol. The van der Waals surface area contributed by atoms with E-state index < -0.39 is 22.7 Å². The lowest BCUT2D eigenvalue weighted by Gasteiger charge is -2.31. The van der Waals surface area contributed by atoms with Gasteiger partial charge in [-0.25, -0.2) is 8.42 Å². The molecule has 2 rings (SSSR count). The van der Waals surface area contributed by atoms with Gasteiger partial charge in [-0.3, -0.25) is 0 Å². The molecule has 158 valence electrons. The van der Waals surface area contributed by atoms with E-state index in [-0.39, 0.29) is 0 Å². The Morgan fingerprint density at radius 3 is 2.03 bits per heavy atom. The number of rotatable bonds is 11. The third-order valence-electron chi connectivity index (χ3n) is 5.29. The first kappa shape index (κ1) is 23.6. The molecule has 2 aromatic rings. The molecule has 0 fully saturated rings. The lowest BCUT2D eigenvalue weighted by molar-refractivity contribution is 0.508.